The van der Waals surface area contributed by atoms with E-state index in [1.807, 2.05) is 17.5 Å². The van der Waals surface area contributed by atoms with Gasteiger partial charge in [0.05, 0.1) is 5.69 Å². The van der Waals surface area contributed by atoms with Crippen molar-refractivity contribution in [3.05, 3.63) is 35.2 Å². The topological polar surface area (TPSA) is 48.7 Å². The third kappa shape index (κ3) is 3.30. The fourth-order valence-electron chi connectivity index (χ4n) is 2.67. The van der Waals surface area contributed by atoms with E-state index in [0.717, 1.165) is 49.0 Å². The molecule has 0 atom stereocenters. The van der Waals surface area contributed by atoms with Crippen LogP contribution in [0.1, 0.15) is 44.0 Å². The van der Waals surface area contributed by atoms with Gasteiger partial charge in [-0.3, -0.25) is 0 Å². The van der Waals surface area contributed by atoms with Gasteiger partial charge in [-0.05, 0) is 39.7 Å². The van der Waals surface area contributed by atoms with Crippen LogP contribution in [0.25, 0.3) is 5.65 Å². The van der Waals surface area contributed by atoms with Gasteiger partial charge in [0.2, 0.25) is 5.88 Å². The molecule has 1 aliphatic heterocycles. The molecule has 0 N–H and O–H groups in total. The van der Waals surface area contributed by atoms with Crippen molar-refractivity contribution in [1.29, 1.82) is 0 Å². The van der Waals surface area contributed by atoms with E-state index in [2.05, 4.69) is 31.0 Å². The fraction of sp³-hybridized carbons (Fsp3) is 0.529. The number of hydrogen-bond donors (Lipinski definition) is 0. The fourth-order valence-corrected chi connectivity index (χ4v) is 2.67. The van der Waals surface area contributed by atoms with E-state index in [1.165, 1.54) is 5.57 Å². The normalized spacial score (nSPS) is 16.0. The van der Waals surface area contributed by atoms with Crippen molar-refractivity contribution in [3.63, 3.8) is 0 Å². The van der Waals surface area contributed by atoms with Crippen molar-refractivity contribution < 1.29 is 9.47 Å². The molecule has 3 heterocycles. The smallest absolute Gasteiger partial charge is 0.218 e. The third-order valence-corrected chi connectivity index (χ3v) is 3.90. The first kappa shape index (κ1) is 15.0. The SMILES string of the molecule is CC(C)=CCOc1cc(C)nc2cc(C3CCOCC3)nn12. The van der Waals surface area contributed by atoms with Crippen molar-refractivity contribution >= 4 is 5.65 Å². The predicted octanol–water partition coefficient (Wildman–Crippen LogP) is 3.28. The van der Waals surface area contributed by atoms with Crippen LogP contribution in [-0.2, 0) is 4.74 Å². The van der Waals surface area contributed by atoms with Crippen LogP contribution in [0.3, 0.4) is 0 Å². The van der Waals surface area contributed by atoms with Crippen LogP contribution in [0, 0.1) is 6.92 Å². The predicted molar refractivity (Wildman–Crippen MR) is 85.4 cm³/mol. The second kappa shape index (κ2) is 6.48. The van der Waals surface area contributed by atoms with Gasteiger partial charge in [-0.15, -0.1) is 0 Å². The molecule has 0 saturated carbocycles. The van der Waals surface area contributed by atoms with Gasteiger partial charge in [0.1, 0.15) is 6.61 Å². The Bertz CT molecular complexity index is 681. The van der Waals surface area contributed by atoms with E-state index < -0.39 is 0 Å². The largest absolute Gasteiger partial charge is 0.473 e. The number of fused-ring (bicyclic) bond motifs is 1. The zero-order valence-corrected chi connectivity index (χ0v) is 13.5. The highest BCUT2D eigenvalue weighted by Crippen LogP contribution is 2.27. The monoisotopic (exact) mass is 301 g/mol. The van der Waals surface area contributed by atoms with Gasteiger partial charge in [-0.2, -0.15) is 9.61 Å². The molecule has 5 heteroatoms. The molecule has 0 bridgehead atoms. The number of allylic oxidation sites excluding steroid dienone is 1. The zero-order chi connectivity index (χ0) is 15.5. The van der Waals surface area contributed by atoms with Gasteiger partial charge in [0, 0.05) is 37.0 Å². The maximum Gasteiger partial charge on any atom is 0.218 e. The average molecular weight is 301 g/mol. The molecule has 0 aromatic carbocycles. The lowest BCUT2D eigenvalue weighted by Gasteiger charge is -2.19. The number of ether oxygens (including phenoxy) is 2. The Kier molecular flexibility index (Phi) is 4.43. The van der Waals surface area contributed by atoms with E-state index in [4.69, 9.17) is 14.6 Å². The third-order valence-electron chi connectivity index (χ3n) is 3.90. The highest BCUT2D eigenvalue weighted by Gasteiger charge is 2.20. The van der Waals surface area contributed by atoms with Crippen LogP contribution in [0.2, 0.25) is 0 Å². The zero-order valence-electron chi connectivity index (χ0n) is 13.5. The summed E-state index contributed by atoms with van der Waals surface area (Å²) in [7, 11) is 0. The average Bonchev–Trinajstić information content (AvgIpc) is 2.91. The van der Waals surface area contributed by atoms with Crippen molar-refractivity contribution in [2.75, 3.05) is 19.8 Å². The molecule has 0 spiro atoms. The number of nitrogens with zero attached hydrogens (tertiary/aromatic N) is 3. The standard InChI is InChI=1S/C17H23N3O2/c1-12(2)4-9-22-17-10-13(3)18-16-11-15(19-20(16)17)14-5-7-21-8-6-14/h4,10-11,14H,5-9H2,1-3H3. The minimum atomic E-state index is 0.460. The molecule has 3 rings (SSSR count). The van der Waals surface area contributed by atoms with Crippen LogP contribution in [-0.4, -0.2) is 34.4 Å². The summed E-state index contributed by atoms with van der Waals surface area (Å²) in [5.41, 5.74) is 4.13. The summed E-state index contributed by atoms with van der Waals surface area (Å²) in [5.74, 6) is 1.21. The van der Waals surface area contributed by atoms with Crippen molar-refractivity contribution in [2.45, 2.75) is 39.5 Å². The van der Waals surface area contributed by atoms with E-state index in [9.17, 15) is 0 Å². The quantitative estimate of drug-likeness (QED) is 0.813. The Morgan fingerprint density at radius 2 is 2.14 bits per heavy atom. The number of aryl methyl sites for hydroxylation is 1. The maximum absolute atomic E-state index is 5.87. The minimum Gasteiger partial charge on any atom is -0.473 e. The first-order valence-corrected chi connectivity index (χ1v) is 7.84. The molecule has 1 saturated heterocycles. The van der Waals surface area contributed by atoms with Gasteiger partial charge in [0.15, 0.2) is 5.65 Å². The summed E-state index contributed by atoms with van der Waals surface area (Å²) >= 11 is 0. The van der Waals surface area contributed by atoms with Gasteiger partial charge in [-0.1, -0.05) is 5.57 Å². The molecular weight excluding hydrogens is 278 g/mol. The van der Waals surface area contributed by atoms with Gasteiger partial charge in [0.25, 0.3) is 0 Å². The van der Waals surface area contributed by atoms with Gasteiger partial charge >= 0.3 is 0 Å². The lowest BCUT2D eigenvalue weighted by atomic mass is 9.97. The molecule has 5 nitrogen and oxygen atoms in total. The molecule has 2 aromatic heterocycles. The van der Waals surface area contributed by atoms with E-state index in [1.54, 1.807) is 0 Å². The molecule has 0 amide bonds. The molecule has 2 aromatic rings. The highest BCUT2D eigenvalue weighted by molar-refractivity contribution is 5.44. The second-order valence-electron chi connectivity index (χ2n) is 6.05. The van der Waals surface area contributed by atoms with Gasteiger partial charge in [-0.25, -0.2) is 4.98 Å². The molecule has 118 valence electrons. The Labute approximate surface area is 131 Å². The van der Waals surface area contributed by atoms with E-state index in [-0.39, 0.29) is 0 Å². The summed E-state index contributed by atoms with van der Waals surface area (Å²) in [4.78, 5) is 4.57. The van der Waals surface area contributed by atoms with Crippen LogP contribution in [0.4, 0.5) is 0 Å². The summed E-state index contributed by atoms with van der Waals surface area (Å²) in [6.07, 6.45) is 4.11. The van der Waals surface area contributed by atoms with Crippen LogP contribution < -0.4 is 4.74 Å². The molecule has 0 unspecified atom stereocenters. The minimum absolute atomic E-state index is 0.460. The van der Waals surface area contributed by atoms with E-state index >= 15 is 0 Å². The van der Waals surface area contributed by atoms with Crippen LogP contribution in [0.5, 0.6) is 5.88 Å². The lowest BCUT2D eigenvalue weighted by Crippen LogP contribution is -2.14. The molecule has 1 aliphatic rings. The Balaban J connectivity index is 1.90. The maximum atomic E-state index is 5.87. The number of rotatable bonds is 4. The van der Waals surface area contributed by atoms with Crippen molar-refractivity contribution in [1.82, 2.24) is 14.6 Å². The highest BCUT2D eigenvalue weighted by atomic mass is 16.5. The molecule has 1 fully saturated rings. The van der Waals surface area contributed by atoms with E-state index in [0.29, 0.717) is 12.5 Å². The first-order chi connectivity index (χ1) is 10.6. The molecule has 0 radical (unpaired) electrons. The molecule has 22 heavy (non-hydrogen) atoms. The molecular formula is C17H23N3O2. The number of hydrogen-bond acceptors (Lipinski definition) is 4. The van der Waals surface area contributed by atoms with Crippen molar-refractivity contribution in [2.24, 2.45) is 0 Å². The van der Waals surface area contributed by atoms with Crippen molar-refractivity contribution in [3.8, 4) is 5.88 Å². The van der Waals surface area contributed by atoms with Crippen LogP contribution in [0.15, 0.2) is 23.8 Å². The Hall–Kier alpha value is -1.88. The number of aromatic nitrogens is 3. The Morgan fingerprint density at radius 3 is 2.86 bits per heavy atom. The summed E-state index contributed by atoms with van der Waals surface area (Å²) in [5, 5.41) is 4.73. The van der Waals surface area contributed by atoms with Gasteiger partial charge < -0.3 is 9.47 Å². The lowest BCUT2D eigenvalue weighted by molar-refractivity contribution is 0.0844. The summed E-state index contributed by atoms with van der Waals surface area (Å²) in [6, 6.07) is 4.02. The second-order valence-corrected chi connectivity index (χ2v) is 6.05. The first-order valence-electron chi connectivity index (χ1n) is 7.84. The summed E-state index contributed by atoms with van der Waals surface area (Å²) < 4.78 is 13.1. The Morgan fingerprint density at radius 1 is 1.36 bits per heavy atom. The molecule has 0 aliphatic carbocycles. The van der Waals surface area contributed by atoms with Crippen LogP contribution >= 0.6 is 0 Å². The summed E-state index contributed by atoms with van der Waals surface area (Å²) in [6.45, 7) is 8.29.